The van der Waals surface area contributed by atoms with E-state index in [0.717, 1.165) is 11.0 Å². The second kappa shape index (κ2) is 3.95. The summed E-state index contributed by atoms with van der Waals surface area (Å²) in [6.45, 7) is 0.996. The van der Waals surface area contributed by atoms with Crippen molar-refractivity contribution in [3.63, 3.8) is 0 Å². The van der Waals surface area contributed by atoms with Crippen LogP contribution in [0.15, 0.2) is 53.0 Å². The lowest BCUT2D eigenvalue weighted by Gasteiger charge is -2.10. The predicted octanol–water partition coefficient (Wildman–Crippen LogP) is 4.01. The van der Waals surface area contributed by atoms with Crippen molar-refractivity contribution in [3.05, 3.63) is 64.1 Å². The number of para-hydroxylation sites is 1. The molecule has 1 N–H and O–H groups in total. The van der Waals surface area contributed by atoms with Crippen molar-refractivity contribution in [2.24, 2.45) is 0 Å². The smallest absolute Gasteiger partial charge is 0.0379 e. The van der Waals surface area contributed by atoms with Gasteiger partial charge in [-0.05, 0) is 29.3 Å². The van der Waals surface area contributed by atoms with Gasteiger partial charge in [0.1, 0.15) is 0 Å². The number of anilines is 1. The van der Waals surface area contributed by atoms with Crippen LogP contribution in [0.2, 0.25) is 0 Å². The third kappa shape index (κ3) is 1.63. The molecule has 1 atom stereocenters. The summed E-state index contributed by atoms with van der Waals surface area (Å²) in [7, 11) is 0. The van der Waals surface area contributed by atoms with Crippen LogP contribution in [0, 0.1) is 0 Å². The van der Waals surface area contributed by atoms with Crippen molar-refractivity contribution in [1.29, 1.82) is 0 Å². The van der Waals surface area contributed by atoms with Crippen molar-refractivity contribution < 1.29 is 0 Å². The highest BCUT2D eigenvalue weighted by molar-refractivity contribution is 9.10. The van der Waals surface area contributed by atoms with Crippen molar-refractivity contribution in [3.8, 4) is 0 Å². The van der Waals surface area contributed by atoms with E-state index in [9.17, 15) is 0 Å². The molecule has 2 aromatic rings. The number of benzene rings is 2. The molecule has 0 saturated carbocycles. The highest BCUT2D eigenvalue weighted by Crippen LogP contribution is 2.36. The van der Waals surface area contributed by atoms with E-state index in [1.54, 1.807) is 0 Å². The molecule has 1 nitrogen and oxygen atoms in total. The molecule has 80 valence electrons. The summed E-state index contributed by atoms with van der Waals surface area (Å²) in [6, 6.07) is 17.1. The summed E-state index contributed by atoms with van der Waals surface area (Å²) in [4.78, 5) is 0. The number of fused-ring (bicyclic) bond motifs is 1. The van der Waals surface area contributed by atoms with Crippen molar-refractivity contribution in [2.75, 3.05) is 11.9 Å². The lowest BCUT2D eigenvalue weighted by Crippen LogP contribution is -2.03. The first-order valence-electron chi connectivity index (χ1n) is 5.43. The fraction of sp³-hybridized carbons (Fsp3) is 0.143. The molecule has 16 heavy (non-hydrogen) atoms. The van der Waals surface area contributed by atoms with Crippen LogP contribution in [0.3, 0.4) is 0 Å². The second-order valence-electron chi connectivity index (χ2n) is 4.08. The molecule has 2 heteroatoms. The third-order valence-electron chi connectivity index (χ3n) is 3.08. The van der Waals surface area contributed by atoms with Gasteiger partial charge < -0.3 is 5.32 Å². The fourth-order valence-electron chi connectivity index (χ4n) is 2.30. The normalized spacial score (nSPS) is 17.9. The van der Waals surface area contributed by atoms with Gasteiger partial charge in [0.25, 0.3) is 0 Å². The first kappa shape index (κ1) is 9.91. The summed E-state index contributed by atoms with van der Waals surface area (Å²) in [5, 5.41) is 3.45. The Labute approximate surface area is 104 Å². The number of hydrogen-bond acceptors (Lipinski definition) is 1. The summed E-state index contributed by atoms with van der Waals surface area (Å²) >= 11 is 3.53. The number of hydrogen-bond donors (Lipinski definition) is 1. The maximum Gasteiger partial charge on any atom is 0.0379 e. The minimum Gasteiger partial charge on any atom is -0.384 e. The SMILES string of the molecule is Brc1cccc(C2CNc3ccccc32)c1. The maximum atomic E-state index is 3.53. The largest absolute Gasteiger partial charge is 0.384 e. The molecule has 0 aliphatic carbocycles. The van der Waals surface area contributed by atoms with E-state index in [4.69, 9.17) is 0 Å². The van der Waals surface area contributed by atoms with Gasteiger partial charge in [-0.15, -0.1) is 0 Å². The Bertz CT molecular complexity index is 522. The quantitative estimate of drug-likeness (QED) is 0.828. The fourth-order valence-corrected chi connectivity index (χ4v) is 2.72. The maximum absolute atomic E-state index is 3.53. The van der Waals surface area contributed by atoms with Crippen LogP contribution in [-0.4, -0.2) is 6.54 Å². The van der Waals surface area contributed by atoms with Crippen LogP contribution < -0.4 is 5.32 Å². The van der Waals surface area contributed by atoms with E-state index in [-0.39, 0.29) is 0 Å². The zero-order valence-corrected chi connectivity index (χ0v) is 10.4. The van der Waals surface area contributed by atoms with Crippen LogP contribution in [0.25, 0.3) is 0 Å². The number of nitrogens with one attached hydrogen (secondary N) is 1. The topological polar surface area (TPSA) is 12.0 Å². The minimum atomic E-state index is 0.480. The van der Waals surface area contributed by atoms with E-state index >= 15 is 0 Å². The monoisotopic (exact) mass is 273 g/mol. The molecule has 0 amide bonds. The highest BCUT2D eigenvalue weighted by Gasteiger charge is 2.22. The molecule has 1 unspecified atom stereocenters. The molecule has 2 aromatic carbocycles. The molecule has 3 rings (SSSR count). The van der Waals surface area contributed by atoms with Gasteiger partial charge in [-0.3, -0.25) is 0 Å². The Morgan fingerprint density at radius 1 is 1.06 bits per heavy atom. The van der Waals surface area contributed by atoms with Gasteiger partial charge in [-0.25, -0.2) is 0 Å². The second-order valence-corrected chi connectivity index (χ2v) is 4.99. The van der Waals surface area contributed by atoms with E-state index in [1.165, 1.54) is 16.8 Å². The Kier molecular flexibility index (Phi) is 2.44. The van der Waals surface area contributed by atoms with Gasteiger partial charge in [0.15, 0.2) is 0 Å². The molecule has 0 bridgehead atoms. The third-order valence-corrected chi connectivity index (χ3v) is 3.58. The van der Waals surface area contributed by atoms with Crippen molar-refractivity contribution in [2.45, 2.75) is 5.92 Å². The van der Waals surface area contributed by atoms with Gasteiger partial charge >= 0.3 is 0 Å². The van der Waals surface area contributed by atoms with Crippen LogP contribution >= 0.6 is 15.9 Å². The van der Waals surface area contributed by atoms with E-state index in [0.29, 0.717) is 5.92 Å². The molecule has 1 aliphatic rings. The van der Waals surface area contributed by atoms with Crippen LogP contribution in [0.4, 0.5) is 5.69 Å². The van der Waals surface area contributed by atoms with Crippen LogP contribution in [0.1, 0.15) is 17.0 Å². The summed E-state index contributed by atoms with van der Waals surface area (Å²) < 4.78 is 1.15. The molecule has 1 aliphatic heterocycles. The van der Waals surface area contributed by atoms with Crippen molar-refractivity contribution in [1.82, 2.24) is 0 Å². The summed E-state index contributed by atoms with van der Waals surface area (Å²) in [5.74, 6) is 0.480. The van der Waals surface area contributed by atoms with Gasteiger partial charge in [0.05, 0.1) is 0 Å². The predicted molar refractivity (Wildman–Crippen MR) is 70.9 cm³/mol. The average Bonchev–Trinajstić information content (AvgIpc) is 2.72. The minimum absolute atomic E-state index is 0.480. The zero-order valence-electron chi connectivity index (χ0n) is 8.78. The van der Waals surface area contributed by atoms with Gasteiger partial charge in [0, 0.05) is 22.6 Å². The lowest BCUT2D eigenvalue weighted by atomic mass is 9.93. The summed E-state index contributed by atoms with van der Waals surface area (Å²) in [5.41, 5.74) is 4.04. The molecule has 0 radical (unpaired) electrons. The van der Waals surface area contributed by atoms with E-state index < -0.39 is 0 Å². The Morgan fingerprint density at radius 2 is 1.94 bits per heavy atom. The average molecular weight is 274 g/mol. The molecule has 0 spiro atoms. The van der Waals surface area contributed by atoms with Gasteiger partial charge in [-0.1, -0.05) is 46.3 Å². The van der Waals surface area contributed by atoms with Gasteiger partial charge in [0.2, 0.25) is 0 Å². The molecule has 0 saturated heterocycles. The molecular weight excluding hydrogens is 262 g/mol. The lowest BCUT2D eigenvalue weighted by molar-refractivity contribution is 0.906. The number of halogens is 1. The molecule has 1 heterocycles. The number of rotatable bonds is 1. The van der Waals surface area contributed by atoms with E-state index in [2.05, 4.69) is 69.8 Å². The van der Waals surface area contributed by atoms with Gasteiger partial charge in [-0.2, -0.15) is 0 Å². The molecule has 0 aromatic heterocycles. The zero-order chi connectivity index (χ0) is 11.0. The van der Waals surface area contributed by atoms with E-state index in [1.807, 2.05) is 0 Å². The first-order chi connectivity index (χ1) is 7.84. The first-order valence-corrected chi connectivity index (χ1v) is 6.22. The standard InChI is InChI=1S/C14H12BrN/c15-11-5-3-4-10(8-11)13-9-16-14-7-2-1-6-12(13)14/h1-8,13,16H,9H2. The summed E-state index contributed by atoms with van der Waals surface area (Å²) in [6.07, 6.45) is 0. The highest BCUT2D eigenvalue weighted by atomic mass is 79.9. The molecular formula is C14H12BrN. The Hall–Kier alpha value is -1.28. The Morgan fingerprint density at radius 3 is 2.81 bits per heavy atom. The Balaban J connectivity index is 2.05. The molecule has 0 fully saturated rings. The van der Waals surface area contributed by atoms with Crippen LogP contribution in [0.5, 0.6) is 0 Å². The van der Waals surface area contributed by atoms with Crippen molar-refractivity contribution >= 4 is 21.6 Å². The van der Waals surface area contributed by atoms with Crippen LogP contribution in [-0.2, 0) is 0 Å².